The van der Waals surface area contributed by atoms with Crippen molar-refractivity contribution < 1.29 is 24.2 Å². The molecule has 5 heteroatoms. The summed E-state index contributed by atoms with van der Waals surface area (Å²) in [6.45, 7) is 6.76. The van der Waals surface area contributed by atoms with Gasteiger partial charge in [0, 0.05) is 5.57 Å². The molecule has 0 saturated heterocycles. The molecular formula is C10H14O5. The molecule has 0 aliphatic heterocycles. The van der Waals surface area contributed by atoms with E-state index >= 15 is 0 Å². The predicted octanol–water partition coefficient (Wildman–Crippen LogP) is 1.46. The summed E-state index contributed by atoms with van der Waals surface area (Å²) in [4.78, 5) is 22.1. The van der Waals surface area contributed by atoms with Gasteiger partial charge in [0.1, 0.15) is 6.26 Å². The molecule has 15 heavy (non-hydrogen) atoms. The Balaban J connectivity index is 4.33. The summed E-state index contributed by atoms with van der Waals surface area (Å²) in [5, 5.41) is 8.66. The van der Waals surface area contributed by atoms with E-state index in [1.54, 1.807) is 0 Å². The number of hydrogen-bond acceptors (Lipinski definition) is 5. The van der Waals surface area contributed by atoms with E-state index in [4.69, 9.17) is 5.11 Å². The Morgan fingerprint density at radius 2 is 2.00 bits per heavy atom. The molecule has 0 amide bonds. The third kappa shape index (κ3) is 4.85. The Kier molecular flexibility index (Phi) is 5.85. The highest BCUT2D eigenvalue weighted by Crippen LogP contribution is 2.04. The lowest BCUT2D eigenvalue weighted by Crippen LogP contribution is -2.15. The second-order valence-corrected chi connectivity index (χ2v) is 2.80. The maximum Gasteiger partial charge on any atom is 0.377 e. The largest absolute Gasteiger partial charge is 0.511 e. The Morgan fingerprint density at radius 1 is 1.40 bits per heavy atom. The molecule has 0 fully saturated rings. The van der Waals surface area contributed by atoms with E-state index in [-0.39, 0.29) is 12.2 Å². The van der Waals surface area contributed by atoms with Crippen LogP contribution >= 0.6 is 0 Å². The number of carbonyl (C=O) groups is 2. The van der Waals surface area contributed by atoms with Crippen LogP contribution in [0.3, 0.4) is 0 Å². The summed E-state index contributed by atoms with van der Waals surface area (Å²) in [5.74, 6) is -2.21. The van der Waals surface area contributed by atoms with E-state index in [9.17, 15) is 9.59 Å². The van der Waals surface area contributed by atoms with Crippen LogP contribution in [0.5, 0.6) is 0 Å². The van der Waals surface area contributed by atoms with Crippen molar-refractivity contribution >= 4 is 11.9 Å². The minimum Gasteiger partial charge on any atom is -0.511 e. The van der Waals surface area contributed by atoms with E-state index in [0.717, 1.165) is 0 Å². The first-order valence-electron chi connectivity index (χ1n) is 4.42. The zero-order chi connectivity index (χ0) is 11.8. The molecule has 0 aliphatic rings. The van der Waals surface area contributed by atoms with Crippen LogP contribution < -0.4 is 0 Å². The van der Waals surface area contributed by atoms with Crippen molar-refractivity contribution in [2.45, 2.75) is 20.3 Å². The minimum atomic E-state index is -0.881. The van der Waals surface area contributed by atoms with Gasteiger partial charge < -0.3 is 14.6 Å². The molecule has 5 nitrogen and oxygen atoms in total. The van der Waals surface area contributed by atoms with E-state index in [0.29, 0.717) is 12.7 Å². The van der Waals surface area contributed by atoms with E-state index in [2.05, 4.69) is 16.1 Å². The lowest BCUT2D eigenvalue weighted by Gasteiger charge is -2.06. The zero-order valence-corrected chi connectivity index (χ0v) is 8.78. The molecule has 0 bridgehead atoms. The van der Waals surface area contributed by atoms with Crippen molar-refractivity contribution in [1.82, 2.24) is 0 Å². The number of hydrogen-bond donors (Lipinski definition) is 1. The standard InChI is InChI=1S/C10H14O5/c1-4-5-14-10(13)8(6-11)15-9(12)7(2)3/h6,11H,2,4-5H2,1,3H3. The summed E-state index contributed by atoms with van der Waals surface area (Å²) in [7, 11) is 0. The normalized spacial score (nSPS) is 10.7. The average Bonchev–Trinajstić information content (AvgIpc) is 2.21. The van der Waals surface area contributed by atoms with Crippen molar-refractivity contribution in [3.05, 3.63) is 24.2 Å². The fourth-order valence-corrected chi connectivity index (χ4v) is 0.574. The van der Waals surface area contributed by atoms with Gasteiger partial charge in [-0.05, 0) is 13.3 Å². The monoisotopic (exact) mass is 214 g/mol. The quantitative estimate of drug-likeness (QED) is 0.426. The van der Waals surface area contributed by atoms with Crippen molar-refractivity contribution in [2.24, 2.45) is 0 Å². The van der Waals surface area contributed by atoms with Gasteiger partial charge in [0.25, 0.3) is 0 Å². The second kappa shape index (κ2) is 6.64. The molecule has 1 N–H and O–H groups in total. The van der Waals surface area contributed by atoms with Crippen LogP contribution in [0.15, 0.2) is 24.2 Å². The minimum absolute atomic E-state index is 0.123. The van der Waals surface area contributed by atoms with Gasteiger partial charge in [-0.15, -0.1) is 0 Å². The van der Waals surface area contributed by atoms with Crippen molar-refractivity contribution in [2.75, 3.05) is 6.61 Å². The molecule has 84 valence electrons. The van der Waals surface area contributed by atoms with Gasteiger partial charge in [0.05, 0.1) is 6.61 Å². The van der Waals surface area contributed by atoms with Gasteiger partial charge in [-0.3, -0.25) is 0 Å². The van der Waals surface area contributed by atoms with Gasteiger partial charge >= 0.3 is 11.9 Å². The lowest BCUT2D eigenvalue weighted by atomic mass is 10.4. The maximum absolute atomic E-state index is 11.1. The van der Waals surface area contributed by atoms with Crippen LogP contribution in [-0.2, 0) is 19.1 Å². The molecule has 0 rings (SSSR count). The molecule has 0 atom stereocenters. The Labute approximate surface area is 88.0 Å². The molecule has 0 aromatic carbocycles. The van der Waals surface area contributed by atoms with E-state index in [1.165, 1.54) is 6.92 Å². The van der Waals surface area contributed by atoms with Crippen LogP contribution in [0, 0.1) is 0 Å². The number of aliphatic hydroxyl groups excluding tert-OH is 1. The highest BCUT2D eigenvalue weighted by molar-refractivity contribution is 5.94. The average molecular weight is 214 g/mol. The first kappa shape index (κ1) is 13.2. The predicted molar refractivity (Wildman–Crippen MR) is 52.9 cm³/mol. The molecule has 0 aliphatic carbocycles. The lowest BCUT2D eigenvalue weighted by molar-refractivity contribution is -0.149. The SMILES string of the molecule is C=C(C)C(=O)OC(=CO)C(=O)OCCC. The Morgan fingerprint density at radius 3 is 2.40 bits per heavy atom. The topological polar surface area (TPSA) is 72.8 Å². The van der Waals surface area contributed by atoms with E-state index < -0.39 is 17.7 Å². The Hall–Kier alpha value is -1.78. The summed E-state index contributed by atoms with van der Waals surface area (Å²) in [5.41, 5.74) is 0.123. The molecule has 0 unspecified atom stereocenters. The van der Waals surface area contributed by atoms with Crippen molar-refractivity contribution in [1.29, 1.82) is 0 Å². The molecule has 0 spiro atoms. The van der Waals surface area contributed by atoms with Gasteiger partial charge in [-0.2, -0.15) is 0 Å². The molecule has 0 heterocycles. The number of rotatable bonds is 5. The first-order chi connectivity index (χ1) is 7.02. The van der Waals surface area contributed by atoms with Crippen LogP contribution in [0.4, 0.5) is 0 Å². The molecule has 0 aromatic rings. The van der Waals surface area contributed by atoms with Crippen LogP contribution in [0.2, 0.25) is 0 Å². The van der Waals surface area contributed by atoms with Gasteiger partial charge in [-0.1, -0.05) is 13.5 Å². The summed E-state index contributed by atoms with van der Waals surface area (Å²) < 4.78 is 9.17. The third-order valence-electron chi connectivity index (χ3n) is 1.31. The van der Waals surface area contributed by atoms with Crippen LogP contribution in [0.1, 0.15) is 20.3 Å². The fourth-order valence-electron chi connectivity index (χ4n) is 0.574. The molecule has 0 radical (unpaired) electrons. The maximum atomic E-state index is 11.1. The van der Waals surface area contributed by atoms with Gasteiger partial charge in [0.2, 0.25) is 5.76 Å². The van der Waals surface area contributed by atoms with Gasteiger partial charge in [0.15, 0.2) is 0 Å². The summed E-state index contributed by atoms with van der Waals surface area (Å²) >= 11 is 0. The number of aliphatic hydroxyl groups is 1. The second-order valence-electron chi connectivity index (χ2n) is 2.80. The number of ether oxygens (including phenoxy) is 2. The van der Waals surface area contributed by atoms with Crippen LogP contribution in [0.25, 0.3) is 0 Å². The van der Waals surface area contributed by atoms with E-state index in [1.807, 2.05) is 6.92 Å². The highest BCUT2D eigenvalue weighted by Gasteiger charge is 2.17. The first-order valence-corrected chi connectivity index (χ1v) is 4.42. The Bertz CT molecular complexity index is 290. The molecule has 0 aromatic heterocycles. The highest BCUT2D eigenvalue weighted by atomic mass is 16.6. The fraction of sp³-hybridized carbons (Fsp3) is 0.400. The van der Waals surface area contributed by atoms with Crippen LogP contribution in [-0.4, -0.2) is 23.7 Å². The zero-order valence-electron chi connectivity index (χ0n) is 8.78. The van der Waals surface area contributed by atoms with Crippen molar-refractivity contribution in [3.8, 4) is 0 Å². The smallest absolute Gasteiger partial charge is 0.377 e. The molecular weight excluding hydrogens is 200 g/mol. The van der Waals surface area contributed by atoms with Gasteiger partial charge in [-0.25, -0.2) is 9.59 Å². The number of carbonyl (C=O) groups excluding carboxylic acids is 2. The summed E-state index contributed by atoms with van der Waals surface area (Å²) in [6.07, 6.45) is 1.03. The third-order valence-corrected chi connectivity index (χ3v) is 1.31. The summed E-state index contributed by atoms with van der Waals surface area (Å²) in [6, 6.07) is 0. The number of esters is 2. The molecule has 0 saturated carbocycles. The van der Waals surface area contributed by atoms with Crippen molar-refractivity contribution in [3.63, 3.8) is 0 Å².